The number of carbonyl (C=O) groups is 1. The summed E-state index contributed by atoms with van der Waals surface area (Å²) < 4.78 is 0. The van der Waals surface area contributed by atoms with E-state index in [0.717, 1.165) is 34.5 Å². The highest BCUT2D eigenvalue weighted by Gasteiger charge is 2.21. The van der Waals surface area contributed by atoms with Crippen LogP contribution in [0.1, 0.15) is 18.1 Å². The number of aromatic nitrogens is 1. The molecule has 2 aromatic rings. The maximum absolute atomic E-state index is 11.3. The van der Waals surface area contributed by atoms with E-state index in [4.69, 9.17) is 0 Å². The van der Waals surface area contributed by atoms with Gasteiger partial charge >= 0.3 is 5.97 Å². The number of nitrogens with zero attached hydrogens (tertiary/aromatic N) is 2. The van der Waals surface area contributed by atoms with Gasteiger partial charge < -0.3 is 10.0 Å². The van der Waals surface area contributed by atoms with Crippen molar-refractivity contribution in [1.82, 2.24) is 4.98 Å². The molecule has 0 atom stereocenters. The molecule has 0 saturated carbocycles. The Morgan fingerprint density at radius 3 is 2.86 bits per heavy atom. The standard InChI is InChI=1S/C18H18N2O2/c1-3-20-11-15(18(21)22)8-14-5-4-13(9-17(14)20)16-6-7-19-10-12(16)2/h4-7,9-11H,3,8H2,1-2H3,(H,21,22). The molecule has 0 aliphatic carbocycles. The van der Waals surface area contributed by atoms with Crippen LogP contribution < -0.4 is 4.90 Å². The Balaban J connectivity index is 2.07. The van der Waals surface area contributed by atoms with E-state index in [1.807, 2.05) is 37.1 Å². The number of anilines is 1. The summed E-state index contributed by atoms with van der Waals surface area (Å²) in [5, 5.41) is 9.24. The van der Waals surface area contributed by atoms with Crippen LogP contribution in [0.25, 0.3) is 11.1 Å². The van der Waals surface area contributed by atoms with Gasteiger partial charge in [0.15, 0.2) is 0 Å². The minimum atomic E-state index is -0.849. The van der Waals surface area contributed by atoms with E-state index in [9.17, 15) is 9.90 Å². The van der Waals surface area contributed by atoms with Crippen LogP contribution in [-0.4, -0.2) is 22.6 Å². The van der Waals surface area contributed by atoms with Gasteiger partial charge in [-0.25, -0.2) is 4.79 Å². The number of pyridine rings is 1. The van der Waals surface area contributed by atoms with Gasteiger partial charge in [-0.15, -0.1) is 0 Å². The van der Waals surface area contributed by atoms with Crippen LogP contribution in [0.5, 0.6) is 0 Å². The number of carboxylic acid groups (broad SMARTS) is 1. The normalized spacial score (nSPS) is 13.5. The van der Waals surface area contributed by atoms with Gasteiger partial charge in [0.1, 0.15) is 0 Å². The van der Waals surface area contributed by atoms with Gasteiger partial charge in [0.2, 0.25) is 0 Å². The molecule has 1 aromatic carbocycles. The molecule has 1 N–H and O–H groups in total. The molecule has 0 radical (unpaired) electrons. The fraction of sp³-hybridized carbons (Fsp3) is 0.222. The van der Waals surface area contributed by atoms with Gasteiger partial charge in [0, 0.05) is 37.2 Å². The van der Waals surface area contributed by atoms with E-state index < -0.39 is 5.97 Å². The zero-order chi connectivity index (χ0) is 15.7. The van der Waals surface area contributed by atoms with E-state index in [2.05, 4.69) is 17.1 Å². The van der Waals surface area contributed by atoms with Crippen LogP contribution in [-0.2, 0) is 11.2 Å². The minimum absolute atomic E-state index is 0.433. The van der Waals surface area contributed by atoms with Gasteiger partial charge in [-0.3, -0.25) is 4.98 Å². The first kappa shape index (κ1) is 14.3. The van der Waals surface area contributed by atoms with Gasteiger partial charge in [-0.1, -0.05) is 12.1 Å². The van der Waals surface area contributed by atoms with Crippen LogP contribution >= 0.6 is 0 Å². The lowest BCUT2D eigenvalue weighted by atomic mass is 9.94. The summed E-state index contributed by atoms with van der Waals surface area (Å²) in [6.45, 7) is 4.81. The molecule has 1 aliphatic heterocycles. The van der Waals surface area contributed by atoms with E-state index in [-0.39, 0.29) is 0 Å². The van der Waals surface area contributed by atoms with E-state index in [1.165, 1.54) is 0 Å². The van der Waals surface area contributed by atoms with E-state index in [1.54, 1.807) is 12.4 Å². The van der Waals surface area contributed by atoms with Crippen molar-refractivity contribution in [3.8, 4) is 11.1 Å². The lowest BCUT2D eigenvalue weighted by Crippen LogP contribution is -2.24. The average molecular weight is 294 g/mol. The molecule has 4 heteroatoms. The second-order valence-corrected chi connectivity index (χ2v) is 5.46. The summed E-state index contributed by atoms with van der Waals surface area (Å²) in [5.74, 6) is -0.849. The average Bonchev–Trinajstić information content (AvgIpc) is 2.53. The highest BCUT2D eigenvalue weighted by atomic mass is 16.4. The minimum Gasteiger partial charge on any atom is -0.478 e. The molecule has 4 nitrogen and oxygen atoms in total. The van der Waals surface area contributed by atoms with Crippen LogP contribution in [0, 0.1) is 6.92 Å². The summed E-state index contributed by atoms with van der Waals surface area (Å²) in [6.07, 6.45) is 5.86. The van der Waals surface area contributed by atoms with Crippen molar-refractivity contribution in [3.05, 3.63) is 59.6 Å². The number of hydrogen-bond donors (Lipinski definition) is 1. The monoisotopic (exact) mass is 294 g/mol. The Bertz CT molecular complexity index is 765. The van der Waals surface area contributed by atoms with Crippen molar-refractivity contribution < 1.29 is 9.90 Å². The summed E-state index contributed by atoms with van der Waals surface area (Å²) in [4.78, 5) is 17.4. The first-order valence-electron chi connectivity index (χ1n) is 7.34. The number of fused-ring (bicyclic) bond motifs is 1. The van der Waals surface area contributed by atoms with Crippen molar-refractivity contribution in [1.29, 1.82) is 0 Å². The van der Waals surface area contributed by atoms with Crippen molar-refractivity contribution in [2.24, 2.45) is 0 Å². The molecule has 1 aromatic heterocycles. The Hall–Kier alpha value is -2.62. The molecular weight excluding hydrogens is 276 g/mol. The number of benzene rings is 1. The van der Waals surface area contributed by atoms with E-state index in [0.29, 0.717) is 12.0 Å². The topological polar surface area (TPSA) is 53.4 Å². The number of carboxylic acids is 1. The van der Waals surface area contributed by atoms with Crippen LogP contribution in [0.4, 0.5) is 5.69 Å². The number of hydrogen-bond acceptors (Lipinski definition) is 3. The molecule has 1 aliphatic rings. The zero-order valence-corrected chi connectivity index (χ0v) is 12.7. The number of aliphatic carboxylic acids is 1. The number of aryl methyl sites for hydroxylation is 1. The molecule has 112 valence electrons. The molecule has 0 spiro atoms. The predicted octanol–water partition coefficient (Wildman–Crippen LogP) is 3.41. The van der Waals surface area contributed by atoms with Crippen molar-refractivity contribution in [2.75, 3.05) is 11.4 Å². The van der Waals surface area contributed by atoms with Crippen molar-refractivity contribution >= 4 is 11.7 Å². The predicted molar refractivity (Wildman–Crippen MR) is 86.9 cm³/mol. The molecule has 2 heterocycles. The number of rotatable bonds is 3. The summed E-state index contributed by atoms with van der Waals surface area (Å²) >= 11 is 0. The summed E-state index contributed by atoms with van der Waals surface area (Å²) in [5.41, 5.74) is 5.98. The van der Waals surface area contributed by atoms with E-state index >= 15 is 0 Å². The quantitative estimate of drug-likeness (QED) is 0.942. The van der Waals surface area contributed by atoms with Gasteiger partial charge in [-0.05, 0) is 48.2 Å². The second kappa shape index (κ2) is 5.64. The maximum Gasteiger partial charge on any atom is 0.333 e. The molecule has 3 rings (SSSR count). The van der Waals surface area contributed by atoms with Crippen LogP contribution in [0.3, 0.4) is 0 Å². The fourth-order valence-corrected chi connectivity index (χ4v) is 2.85. The smallest absolute Gasteiger partial charge is 0.333 e. The lowest BCUT2D eigenvalue weighted by molar-refractivity contribution is -0.132. The molecule has 0 unspecified atom stereocenters. The Kier molecular flexibility index (Phi) is 3.67. The third kappa shape index (κ3) is 2.48. The van der Waals surface area contributed by atoms with Crippen molar-refractivity contribution in [2.45, 2.75) is 20.3 Å². The lowest BCUT2D eigenvalue weighted by Gasteiger charge is -2.28. The molecular formula is C18H18N2O2. The van der Waals surface area contributed by atoms with Crippen LogP contribution in [0.2, 0.25) is 0 Å². The van der Waals surface area contributed by atoms with Crippen molar-refractivity contribution in [3.63, 3.8) is 0 Å². The molecule has 22 heavy (non-hydrogen) atoms. The van der Waals surface area contributed by atoms with Gasteiger partial charge in [0.05, 0.1) is 5.57 Å². The summed E-state index contributed by atoms with van der Waals surface area (Å²) in [6, 6.07) is 8.23. The first-order chi connectivity index (χ1) is 10.6. The highest BCUT2D eigenvalue weighted by molar-refractivity contribution is 5.90. The summed E-state index contributed by atoms with van der Waals surface area (Å²) in [7, 11) is 0. The molecule has 0 bridgehead atoms. The Labute approximate surface area is 129 Å². The SMILES string of the molecule is CCN1C=C(C(=O)O)Cc2ccc(-c3ccncc3C)cc21. The maximum atomic E-state index is 11.3. The highest BCUT2D eigenvalue weighted by Crippen LogP contribution is 2.34. The Morgan fingerprint density at radius 2 is 2.18 bits per heavy atom. The third-order valence-corrected chi connectivity index (χ3v) is 4.03. The first-order valence-corrected chi connectivity index (χ1v) is 7.34. The Morgan fingerprint density at radius 1 is 1.36 bits per heavy atom. The molecule has 0 amide bonds. The second-order valence-electron chi connectivity index (χ2n) is 5.46. The molecule has 0 saturated heterocycles. The van der Waals surface area contributed by atoms with Gasteiger partial charge in [-0.2, -0.15) is 0 Å². The largest absolute Gasteiger partial charge is 0.478 e. The van der Waals surface area contributed by atoms with Crippen LogP contribution in [0.15, 0.2) is 48.4 Å². The fourth-order valence-electron chi connectivity index (χ4n) is 2.85. The van der Waals surface area contributed by atoms with Gasteiger partial charge in [0.25, 0.3) is 0 Å². The zero-order valence-electron chi connectivity index (χ0n) is 12.7. The third-order valence-electron chi connectivity index (χ3n) is 4.03. The molecule has 0 fully saturated rings.